The molecular formula is C14H16ClN3O3. The van der Waals surface area contributed by atoms with Crippen LogP contribution in [0.1, 0.15) is 19.8 Å². The van der Waals surface area contributed by atoms with Crippen LogP contribution < -0.4 is 5.56 Å². The van der Waals surface area contributed by atoms with E-state index in [9.17, 15) is 14.9 Å². The zero-order chi connectivity index (χ0) is 15.4. The molecule has 1 unspecified atom stereocenters. The van der Waals surface area contributed by atoms with Crippen molar-refractivity contribution in [2.24, 2.45) is 5.92 Å². The molecule has 0 fully saturated rings. The molecule has 6 nitrogen and oxygen atoms in total. The number of benzene rings is 1. The van der Waals surface area contributed by atoms with E-state index >= 15 is 0 Å². The Morgan fingerprint density at radius 1 is 1.43 bits per heavy atom. The van der Waals surface area contributed by atoms with Gasteiger partial charge in [0, 0.05) is 24.6 Å². The Labute approximate surface area is 126 Å². The van der Waals surface area contributed by atoms with Gasteiger partial charge in [0.2, 0.25) is 0 Å². The topological polar surface area (TPSA) is 78.0 Å². The van der Waals surface area contributed by atoms with E-state index in [0.717, 1.165) is 12.8 Å². The molecule has 7 heteroatoms. The van der Waals surface area contributed by atoms with E-state index in [1.165, 1.54) is 29.1 Å². The normalized spacial score (nSPS) is 12.5. The largest absolute Gasteiger partial charge is 0.299 e. The first kappa shape index (κ1) is 15.4. The predicted octanol–water partition coefficient (Wildman–Crippen LogP) is 2.96. The monoisotopic (exact) mass is 309 g/mol. The summed E-state index contributed by atoms with van der Waals surface area (Å²) < 4.78 is 1.50. The van der Waals surface area contributed by atoms with Crippen molar-refractivity contribution >= 4 is 28.2 Å². The van der Waals surface area contributed by atoms with Crippen molar-refractivity contribution in [2.45, 2.75) is 26.3 Å². The number of aromatic nitrogens is 2. The Balaban J connectivity index is 2.31. The van der Waals surface area contributed by atoms with Crippen LogP contribution in [0.25, 0.3) is 10.9 Å². The summed E-state index contributed by atoms with van der Waals surface area (Å²) in [4.78, 5) is 26.8. The van der Waals surface area contributed by atoms with Gasteiger partial charge in [-0.1, -0.05) is 6.92 Å². The van der Waals surface area contributed by atoms with E-state index in [1.54, 1.807) is 0 Å². The minimum atomic E-state index is -0.515. The van der Waals surface area contributed by atoms with Crippen molar-refractivity contribution in [3.05, 3.63) is 45.0 Å². The summed E-state index contributed by atoms with van der Waals surface area (Å²) in [7, 11) is 0. The van der Waals surface area contributed by atoms with Crippen LogP contribution in [0.4, 0.5) is 5.69 Å². The van der Waals surface area contributed by atoms with Gasteiger partial charge in [0.05, 0.1) is 22.2 Å². The Bertz CT molecular complexity index is 714. The first-order valence-corrected chi connectivity index (χ1v) is 7.26. The molecule has 0 N–H and O–H groups in total. The van der Waals surface area contributed by atoms with E-state index in [4.69, 9.17) is 11.6 Å². The molecular weight excluding hydrogens is 294 g/mol. The second kappa shape index (κ2) is 6.67. The molecule has 21 heavy (non-hydrogen) atoms. The molecule has 1 heterocycles. The van der Waals surface area contributed by atoms with Gasteiger partial charge in [0.25, 0.3) is 11.2 Å². The number of rotatable bonds is 6. The third-order valence-corrected chi connectivity index (χ3v) is 3.70. The summed E-state index contributed by atoms with van der Waals surface area (Å²) in [5, 5.41) is 11.1. The number of aryl methyl sites for hydroxylation is 1. The number of nitro groups is 1. The van der Waals surface area contributed by atoms with Crippen LogP contribution >= 0.6 is 11.6 Å². The van der Waals surface area contributed by atoms with E-state index in [0.29, 0.717) is 23.9 Å². The first-order chi connectivity index (χ1) is 10.0. The number of alkyl halides is 1. The summed E-state index contributed by atoms with van der Waals surface area (Å²) >= 11 is 5.69. The highest BCUT2D eigenvalue weighted by Gasteiger charge is 2.11. The zero-order valence-electron chi connectivity index (χ0n) is 11.7. The number of hydrogen-bond acceptors (Lipinski definition) is 4. The molecule has 0 aliphatic heterocycles. The fourth-order valence-electron chi connectivity index (χ4n) is 2.11. The Morgan fingerprint density at radius 2 is 2.19 bits per heavy atom. The second-order valence-electron chi connectivity index (χ2n) is 5.07. The maximum atomic E-state index is 12.3. The molecule has 0 aliphatic carbocycles. The molecule has 0 saturated heterocycles. The van der Waals surface area contributed by atoms with Crippen LogP contribution in [0.15, 0.2) is 29.3 Å². The highest BCUT2D eigenvalue weighted by atomic mass is 35.5. The van der Waals surface area contributed by atoms with Crippen LogP contribution in [0.5, 0.6) is 0 Å². The fourth-order valence-corrected chi connectivity index (χ4v) is 2.48. The quantitative estimate of drug-likeness (QED) is 0.467. The van der Waals surface area contributed by atoms with E-state index in [-0.39, 0.29) is 16.6 Å². The van der Waals surface area contributed by atoms with Crippen molar-refractivity contribution in [3.63, 3.8) is 0 Å². The van der Waals surface area contributed by atoms with Crippen LogP contribution in [-0.4, -0.2) is 20.4 Å². The van der Waals surface area contributed by atoms with E-state index in [1.807, 2.05) is 0 Å². The molecule has 1 aromatic carbocycles. The van der Waals surface area contributed by atoms with Crippen LogP contribution in [-0.2, 0) is 6.54 Å². The third kappa shape index (κ3) is 3.58. The number of nitro benzene ring substituents is 1. The molecule has 0 bridgehead atoms. The summed E-state index contributed by atoms with van der Waals surface area (Å²) in [5.74, 6) is 1.01. The molecule has 0 radical (unpaired) electrons. The Hall–Kier alpha value is -1.95. The molecule has 0 saturated carbocycles. The third-order valence-electron chi connectivity index (χ3n) is 3.48. The number of halogens is 1. The molecule has 2 aromatic rings. The van der Waals surface area contributed by atoms with Gasteiger partial charge >= 0.3 is 0 Å². The highest BCUT2D eigenvalue weighted by molar-refractivity contribution is 6.17. The van der Waals surface area contributed by atoms with Crippen molar-refractivity contribution < 1.29 is 4.92 Å². The van der Waals surface area contributed by atoms with Gasteiger partial charge in [-0.25, -0.2) is 4.98 Å². The number of fused-ring (bicyclic) bond motifs is 1. The maximum Gasteiger partial charge on any atom is 0.270 e. The number of nitrogens with zero attached hydrogens (tertiary/aromatic N) is 3. The lowest BCUT2D eigenvalue weighted by Gasteiger charge is -2.11. The Kier molecular flexibility index (Phi) is 4.90. The molecule has 112 valence electrons. The van der Waals surface area contributed by atoms with E-state index in [2.05, 4.69) is 11.9 Å². The highest BCUT2D eigenvalue weighted by Crippen LogP contribution is 2.16. The van der Waals surface area contributed by atoms with Crippen molar-refractivity contribution in [1.29, 1.82) is 0 Å². The standard InChI is InChI=1S/C14H16ClN3O3/c1-10(4-6-15)5-7-17-9-16-13-3-2-11(18(20)21)8-12(13)14(17)19/h2-3,8-10H,4-7H2,1H3. The zero-order valence-corrected chi connectivity index (χ0v) is 12.4. The lowest BCUT2D eigenvalue weighted by molar-refractivity contribution is -0.384. The Morgan fingerprint density at radius 3 is 2.86 bits per heavy atom. The molecule has 2 rings (SSSR count). The second-order valence-corrected chi connectivity index (χ2v) is 5.45. The molecule has 0 spiro atoms. The minimum Gasteiger partial charge on any atom is -0.299 e. The average Bonchev–Trinajstić information content (AvgIpc) is 2.46. The molecule has 0 aliphatic rings. The van der Waals surface area contributed by atoms with Gasteiger partial charge < -0.3 is 0 Å². The van der Waals surface area contributed by atoms with Gasteiger partial charge in [-0.3, -0.25) is 19.5 Å². The predicted molar refractivity (Wildman–Crippen MR) is 81.8 cm³/mol. The van der Waals surface area contributed by atoms with Crippen LogP contribution in [0, 0.1) is 16.0 Å². The number of hydrogen-bond donors (Lipinski definition) is 0. The maximum absolute atomic E-state index is 12.3. The lowest BCUT2D eigenvalue weighted by atomic mass is 10.1. The van der Waals surface area contributed by atoms with Crippen molar-refractivity contribution in [2.75, 3.05) is 5.88 Å². The van der Waals surface area contributed by atoms with Gasteiger partial charge in [0.15, 0.2) is 0 Å². The smallest absolute Gasteiger partial charge is 0.270 e. The summed E-state index contributed by atoms with van der Waals surface area (Å²) in [6.45, 7) is 2.61. The SMILES string of the molecule is CC(CCCl)CCn1cnc2ccc([N+](=O)[O-])cc2c1=O. The average molecular weight is 310 g/mol. The van der Waals surface area contributed by atoms with Crippen molar-refractivity contribution in [3.8, 4) is 0 Å². The van der Waals surface area contributed by atoms with Gasteiger partial charge in [-0.2, -0.15) is 0 Å². The lowest BCUT2D eigenvalue weighted by Crippen LogP contribution is -2.21. The van der Waals surface area contributed by atoms with Gasteiger partial charge in [-0.05, 0) is 24.8 Å². The van der Waals surface area contributed by atoms with Crippen LogP contribution in [0.2, 0.25) is 0 Å². The number of non-ortho nitro benzene ring substituents is 1. The van der Waals surface area contributed by atoms with Crippen LogP contribution in [0.3, 0.4) is 0 Å². The van der Waals surface area contributed by atoms with Gasteiger partial charge in [-0.15, -0.1) is 11.6 Å². The molecule has 1 atom stereocenters. The fraction of sp³-hybridized carbons (Fsp3) is 0.429. The van der Waals surface area contributed by atoms with Crippen molar-refractivity contribution in [1.82, 2.24) is 9.55 Å². The summed E-state index contributed by atoms with van der Waals surface area (Å²) in [5.41, 5.74) is 0.118. The minimum absolute atomic E-state index is 0.102. The first-order valence-electron chi connectivity index (χ1n) is 6.72. The van der Waals surface area contributed by atoms with E-state index < -0.39 is 4.92 Å². The van der Waals surface area contributed by atoms with Gasteiger partial charge in [0.1, 0.15) is 0 Å². The molecule has 1 aromatic heterocycles. The molecule has 0 amide bonds. The summed E-state index contributed by atoms with van der Waals surface area (Å²) in [6, 6.07) is 4.13. The summed E-state index contributed by atoms with van der Waals surface area (Å²) in [6.07, 6.45) is 3.20.